The van der Waals surface area contributed by atoms with Gasteiger partial charge in [0.05, 0.1) is 0 Å². The number of rotatable bonds is 6. The van der Waals surface area contributed by atoms with Gasteiger partial charge >= 0.3 is 12.2 Å². The predicted molar refractivity (Wildman–Crippen MR) is 95.2 cm³/mol. The summed E-state index contributed by atoms with van der Waals surface area (Å²) in [5.74, 6) is -0.460. The van der Waals surface area contributed by atoms with Gasteiger partial charge < -0.3 is 25.4 Å². The number of amides is 3. The second-order valence-corrected chi connectivity index (χ2v) is 8.09. The maximum atomic E-state index is 12.2. The van der Waals surface area contributed by atoms with Crippen LogP contribution in [0, 0.1) is 5.92 Å². The van der Waals surface area contributed by atoms with Gasteiger partial charge in [0.25, 0.3) is 0 Å². The smallest absolute Gasteiger partial charge is 0.408 e. The Bertz CT molecular complexity index is 464. The van der Waals surface area contributed by atoms with E-state index in [1.165, 1.54) is 0 Å². The van der Waals surface area contributed by atoms with Crippen LogP contribution in [-0.2, 0) is 14.3 Å². The van der Waals surface area contributed by atoms with E-state index in [4.69, 9.17) is 9.47 Å². The summed E-state index contributed by atoms with van der Waals surface area (Å²) >= 11 is 0. The first-order valence-electron chi connectivity index (χ1n) is 8.45. The lowest BCUT2D eigenvalue weighted by molar-refractivity contribution is -0.124. The van der Waals surface area contributed by atoms with E-state index >= 15 is 0 Å². The van der Waals surface area contributed by atoms with Gasteiger partial charge in [-0.1, -0.05) is 13.8 Å². The van der Waals surface area contributed by atoms with Gasteiger partial charge in [0.2, 0.25) is 5.91 Å². The number of ether oxygens (including phenoxy) is 2. The van der Waals surface area contributed by atoms with E-state index in [1.807, 2.05) is 13.8 Å². The van der Waals surface area contributed by atoms with Gasteiger partial charge in [-0.25, -0.2) is 9.59 Å². The lowest BCUT2D eigenvalue weighted by Gasteiger charge is -2.25. The molecule has 0 aromatic rings. The van der Waals surface area contributed by atoms with Crippen molar-refractivity contribution in [3.05, 3.63) is 0 Å². The van der Waals surface area contributed by atoms with Crippen molar-refractivity contribution >= 4 is 18.1 Å². The molecule has 0 spiro atoms. The van der Waals surface area contributed by atoms with Crippen LogP contribution < -0.4 is 16.0 Å². The minimum atomic E-state index is -0.726. The molecule has 0 saturated heterocycles. The maximum Gasteiger partial charge on any atom is 0.408 e. The normalized spacial score (nSPS) is 13.0. The van der Waals surface area contributed by atoms with E-state index in [0.717, 1.165) is 0 Å². The Kier molecular flexibility index (Phi) is 8.73. The quantitative estimate of drug-likeness (QED) is 0.630. The molecular weight excluding hydrogens is 326 g/mol. The second-order valence-electron chi connectivity index (χ2n) is 8.09. The average Bonchev–Trinajstić information content (AvgIpc) is 2.36. The van der Waals surface area contributed by atoms with E-state index in [1.54, 1.807) is 41.5 Å². The van der Waals surface area contributed by atoms with Crippen molar-refractivity contribution in [3.63, 3.8) is 0 Å². The van der Waals surface area contributed by atoms with Crippen LogP contribution in [0.1, 0.15) is 55.4 Å². The van der Waals surface area contributed by atoms with Crippen molar-refractivity contribution in [2.75, 3.05) is 13.1 Å². The van der Waals surface area contributed by atoms with E-state index < -0.39 is 29.4 Å². The first-order valence-corrected chi connectivity index (χ1v) is 8.45. The molecule has 0 aliphatic rings. The summed E-state index contributed by atoms with van der Waals surface area (Å²) in [4.78, 5) is 35.6. The van der Waals surface area contributed by atoms with Crippen LogP contribution in [0.25, 0.3) is 0 Å². The first kappa shape index (κ1) is 23.0. The topological polar surface area (TPSA) is 106 Å². The predicted octanol–water partition coefficient (Wildman–Crippen LogP) is 2.18. The van der Waals surface area contributed by atoms with Crippen LogP contribution in [-0.4, -0.2) is 48.4 Å². The van der Waals surface area contributed by atoms with Crippen molar-refractivity contribution in [2.45, 2.75) is 72.6 Å². The molecule has 0 saturated carbocycles. The largest absolute Gasteiger partial charge is 0.444 e. The van der Waals surface area contributed by atoms with Crippen molar-refractivity contribution in [3.8, 4) is 0 Å². The zero-order chi connectivity index (χ0) is 19.8. The third-order valence-corrected chi connectivity index (χ3v) is 2.71. The fourth-order valence-corrected chi connectivity index (χ4v) is 1.74. The van der Waals surface area contributed by atoms with Gasteiger partial charge in [0.1, 0.15) is 17.2 Å². The van der Waals surface area contributed by atoms with Crippen LogP contribution in [0.4, 0.5) is 9.59 Å². The molecule has 25 heavy (non-hydrogen) atoms. The summed E-state index contributed by atoms with van der Waals surface area (Å²) in [5, 5.41) is 7.79. The fourth-order valence-electron chi connectivity index (χ4n) is 1.74. The van der Waals surface area contributed by atoms with Crippen LogP contribution in [0.15, 0.2) is 0 Å². The molecule has 3 N–H and O–H groups in total. The van der Waals surface area contributed by atoms with Crippen LogP contribution in [0.5, 0.6) is 0 Å². The molecule has 1 atom stereocenters. The highest BCUT2D eigenvalue weighted by Crippen LogP contribution is 2.09. The zero-order valence-corrected chi connectivity index (χ0v) is 16.6. The molecule has 3 amide bonds. The summed E-state index contributed by atoms with van der Waals surface area (Å²) in [6.45, 7) is 14.6. The Balaban J connectivity index is 4.34. The van der Waals surface area contributed by atoms with Crippen LogP contribution in [0.2, 0.25) is 0 Å². The monoisotopic (exact) mass is 359 g/mol. The molecule has 146 valence electrons. The van der Waals surface area contributed by atoms with Crippen molar-refractivity contribution in [1.82, 2.24) is 16.0 Å². The molecule has 0 bridgehead atoms. The van der Waals surface area contributed by atoms with Gasteiger partial charge in [0, 0.05) is 13.1 Å². The fraction of sp³-hybridized carbons (Fsp3) is 0.824. The highest BCUT2D eigenvalue weighted by molar-refractivity contribution is 5.85. The Morgan fingerprint density at radius 1 is 0.800 bits per heavy atom. The van der Waals surface area contributed by atoms with Crippen LogP contribution >= 0.6 is 0 Å². The lowest BCUT2D eigenvalue weighted by Crippen LogP contribution is -2.51. The number of carbonyl (C=O) groups excluding carboxylic acids is 3. The molecule has 0 aromatic heterocycles. The van der Waals surface area contributed by atoms with E-state index in [0.29, 0.717) is 0 Å². The molecule has 0 fully saturated rings. The summed E-state index contributed by atoms with van der Waals surface area (Å²) in [5.41, 5.74) is -1.22. The number of hydrogen-bond donors (Lipinski definition) is 3. The molecule has 8 nitrogen and oxygen atoms in total. The molecule has 0 aliphatic heterocycles. The minimum Gasteiger partial charge on any atom is -0.444 e. The van der Waals surface area contributed by atoms with E-state index in [2.05, 4.69) is 16.0 Å². The SMILES string of the molecule is CC(C)[C@H](NC(=O)OC(C)(C)C)C(=O)NCCNC(=O)OC(C)(C)C. The third kappa shape index (κ3) is 12.1. The molecule has 0 radical (unpaired) electrons. The molecule has 8 heteroatoms. The molecule has 0 aromatic carbocycles. The summed E-state index contributed by atoms with van der Waals surface area (Å²) in [6, 6.07) is -0.726. The Morgan fingerprint density at radius 2 is 1.24 bits per heavy atom. The highest BCUT2D eigenvalue weighted by Gasteiger charge is 2.26. The van der Waals surface area contributed by atoms with Gasteiger partial charge in [0.15, 0.2) is 0 Å². The Morgan fingerprint density at radius 3 is 1.68 bits per heavy atom. The number of alkyl carbamates (subject to hydrolysis) is 2. The van der Waals surface area contributed by atoms with E-state index in [-0.39, 0.29) is 24.9 Å². The van der Waals surface area contributed by atoms with Crippen molar-refractivity contribution in [2.24, 2.45) is 5.92 Å². The van der Waals surface area contributed by atoms with Crippen molar-refractivity contribution in [1.29, 1.82) is 0 Å². The number of nitrogens with one attached hydrogen (secondary N) is 3. The summed E-state index contributed by atoms with van der Waals surface area (Å²) in [6.07, 6.45) is -1.19. The second kappa shape index (κ2) is 9.48. The Hall–Kier alpha value is -1.99. The van der Waals surface area contributed by atoms with Gasteiger partial charge in [-0.3, -0.25) is 4.79 Å². The average molecular weight is 359 g/mol. The Labute approximate surface area is 150 Å². The maximum absolute atomic E-state index is 12.2. The molecule has 0 aliphatic carbocycles. The van der Waals surface area contributed by atoms with Gasteiger partial charge in [-0.2, -0.15) is 0 Å². The first-order chi connectivity index (χ1) is 11.2. The van der Waals surface area contributed by atoms with Gasteiger partial charge in [-0.05, 0) is 47.5 Å². The standard InChI is InChI=1S/C17H33N3O5/c1-11(2)12(20-15(23)25-17(6,7)8)13(21)18-9-10-19-14(22)24-16(3,4)5/h11-12H,9-10H2,1-8H3,(H,18,21)(H,19,22)(H,20,23)/t12-/m0/s1. The lowest BCUT2D eigenvalue weighted by atomic mass is 10.0. The minimum absolute atomic E-state index is 0.119. The van der Waals surface area contributed by atoms with Gasteiger partial charge in [-0.15, -0.1) is 0 Å². The summed E-state index contributed by atoms with van der Waals surface area (Å²) < 4.78 is 10.3. The zero-order valence-electron chi connectivity index (χ0n) is 16.6. The van der Waals surface area contributed by atoms with Crippen molar-refractivity contribution < 1.29 is 23.9 Å². The third-order valence-electron chi connectivity index (χ3n) is 2.71. The highest BCUT2D eigenvalue weighted by atomic mass is 16.6. The number of hydrogen-bond acceptors (Lipinski definition) is 5. The molecular formula is C17H33N3O5. The van der Waals surface area contributed by atoms with Crippen LogP contribution in [0.3, 0.4) is 0 Å². The number of carbonyl (C=O) groups is 3. The summed E-state index contributed by atoms with van der Waals surface area (Å²) in [7, 11) is 0. The molecule has 0 heterocycles. The van der Waals surface area contributed by atoms with E-state index in [9.17, 15) is 14.4 Å². The molecule has 0 unspecified atom stereocenters. The molecule has 0 rings (SSSR count).